The lowest BCUT2D eigenvalue weighted by molar-refractivity contribution is -0.120. The van der Waals surface area contributed by atoms with Crippen LogP contribution in [0.5, 0.6) is 11.5 Å². The van der Waals surface area contributed by atoms with Gasteiger partial charge in [-0.2, -0.15) is 17.6 Å². The Bertz CT molecular complexity index is 537. The Morgan fingerprint density at radius 1 is 1.22 bits per heavy atom. The highest BCUT2D eigenvalue weighted by Gasteiger charge is 2.22. The van der Waals surface area contributed by atoms with Gasteiger partial charge in [-0.05, 0) is 31.5 Å². The molecule has 1 aromatic rings. The lowest BCUT2D eigenvalue weighted by Gasteiger charge is -2.22. The van der Waals surface area contributed by atoms with Gasteiger partial charge in [0.25, 0.3) is 0 Å². The minimum atomic E-state index is -3.16. The summed E-state index contributed by atoms with van der Waals surface area (Å²) >= 11 is 0. The Hall–Kier alpha value is -2.03. The maximum absolute atomic E-state index is 12.5. The summed E-state index contributed by atoms with van der Waals surface area (Å²) in [6.45, 7) is -4.95. The number of hydrogen-bond acceptors (Lipinski definition) is 4. The number of ether oxygens (including phenoxy) is 2. The number of benzene rings is 1. The quantitative estimate of drug-likeness (QED) is 0.785. The van der Waals surface area contributed by atoms with Crippen molar-refractivity contribution < 1.29 is 31.8 Å². The standard InChI is InChI=1S/C14H16F4N2O3/c15-13(16)22-9-3-4-10(11(6-9)23-14(17)18)20-12(21)8-2-1-5-19-7-8/h3-4,6,8,13-14,19H,1-2,5,7H2,(H,20,21)/t8-/m0/s1. The minimum Gasteiger partial charge on any atom is -0.435 e. The highest BCUT2D eigenvalue weighted by molar-refractivity contribution is 5.94. The second-order valence-electron chi connectivity index (χ2n) is 4.95. The molecule has 0 aromatic heterocycles. The molecule has 2 rings (SSSR count). The molecule has 0 saturated carbocycles. The van der Waals surface area contributed by atoms with E-state index >= 15 is 0 Å². The number of amides is 1. The third-order valence-corrected chi connectivity index (χ3v) is 3.32. The Balaban J connectivity index is 2.13. The molecule has 9 heteroatoms. The average Bonchev–Trinajstić information content (AvgIpc) is 2.49. The fraction of sp³-hybridized carbons (Fsp3) is 0.500. The largest absolute Gasteiger partial charge is 0.435 e. The van der Waals surface area contributed by atoms with Crippen LogP contribution >= 0.6 is 0 Å². The first-order valence-electron chi connectivity index (χ1n) is 7.01. The topological polar surface area (TPSA) is 59.6 Å². The highest BCUT2D eigenvalue weighted by Crippen LogP contribution is 2.32. The second-order valence-corrected chi connectivity index (χ2v) is 4.95. The molecule has 1 aromatic carbocycles. The first kappa shape index (κ1) is 17.3. The van der Waals surface area contributed by atoms with E-state index in [9.17, 15) is 22.4 Å². The summed E-state index contributed by atoms with van der Waals surface area (Å²) in [6.07, 6.45) is 1.51. The van der Waals surface area contributed by atoms with Crippen molar-refractivity contribution in [2.24, 2.45) is 5.92 Å². The first-order chi connectivity index (χ1) is 11.0. The number of piperidine rings is 1. The second kappa shape index (κ2) is 8.00. The fourth-order valence-electron chi connectivity index (χ4n) is 2.29. The Labute approximate surface area is 129 Å². The molecule has 1 aliphatic rings. The van der Waals surface area contributed by atoms with Gasteiger partial charge >= 0.3 is 13.2 Å². The Kier molecular flexibility index (Phi) is 6.03. The van der Waals surface area contributed by atoms with Crippen molar-refractivity contribution in [1.82, 2.24) is 5.32 Å². The molecule has 1 saturated heterocycles. The van der Waals surface area contributed by atoms with Gasteiger partial charge in [-0.1, -0.05) is 0 Å². The normalized spacial score (nSPS) is 18.1. The summed E-state index contributed by atoms with van der Waals surface area (Å²) in [5.41, 5.74) is -0.0255. The van der Waals surface area contributed by atoms with Crippen LogP contribution in [0.3, 0.4) is 0 Å². The number of alkyl halides is 4. The molecular formula is C14H16F4N2O3. The van der Waals surface area contributed by atoms with Crippen LogP contribution in [0.4, 0.5) is 23.2 Å². The average molecular weight is 336 g/mol. The zero-order valence-electron chi connectivity index (χ0n) is 12.0. The summed E-state index contributed by atoms with van der Waals surface area (Å²) in [4.78, 5) is 12.1. The highest BCUT2D eigenvalue weighted by atomic mass is 19.3. The van der Waals surface area contributed by atoms with E-state index < -0.39 is 19.0 Å². The van der Waals surface area contributed by atoms with Crippen LogP contribution < -0.4 is 20.1 Å². The van der Waals surface area contributed by atoms with Crippen LogP contribution in [0.15, 0.2) is 18.2 Å². The third kappa shape index (κ3) is 5.27. The Morgan fingerprint density at radius 3 is 2.57 bits per heavy atom. The third-order valence-electron chi connectivity index (χ3n) is 3.32. The van der Waals surface area contributed by atoms with Gasteiger partial charge in [-0.15, -0.1) is 0 Å². The molecule has 1 heterocycles. The summed E-state index contributed by atoms with van der Waals surface area (Å²) in [5.74, 6) is -1.41. The number of halogens is 4. The monoisotopic (exact) mass is 336 g/mol. The lowest BCUT2D eigenvalue weighted by Crippen LogP contribution is -2.37. The van der Waals surface area contributed by atoms with Gasteiger partial charge in [0, 0.05) is 12.6 Å². The van der Waals surface area contributed by atoms with E-state index in [-0.39, 0.29) is 23.3 Å². The van der Waals surface area contributed by atoms with Gasteiger partial charge < -0.3 is 20.1 Å². The summed E-state index contributed by atoms with van der Waals surface area (Å²) < 4.78 is 57.7. The molecule has 5 nitrogen and oxygen atoms in total. The smallest absolute Gasteiger partial charge is 0.387 e. The fourth-order valence-corrected chi connectivity index (χ4v) is 2.29. The minimum absolute atomic E-state index is 0.0255. The molecule has 23 heavy (non-hydrogen) atoms. The predicted molar refractivity (Wildman–Crippen MR) is 73.9 cm³/mol. The zero-order chi connectivity index (χ0) is 16.8. The number of anilines is 1. The summed E-state index contributed by atoms with van der Waals surface area (Å²) in [7, 11) is 0. The molecular weight excluding hydrogens is 320 g/mol. The summed E-state index contributed by atoms with van der Waals surface area (Å²) in [5, 5.41) is 5.55. The molecule has 1 aliphatic heterocycles. The van der Waals surface area contributed by atoms with E-state index in [0.29, 0.717) is 13.0 Å². The van der Waals surface area contributed by atoms with Gasteiger partial charge in [0.2, 0.25) is 5.91 Å². The van der Waals surface area contributed by atoms with Crippen molar-refractivity contribution in [2.45, 2.75) is 26.1 Å². The molecule has 128 valence electrons. The predicted octanol–water partition coefficient (Wildman–Crippen LogP) is 2.83. The van der Waals surface area contributed by atoms with Gasteiger partial charge in [-0.25, -0.2) is 0 Å². The first-order valence-corrected chi connectivity index (χ1v) is 7.01. The van der Waals surface area contributed by atoms with Crippen molar-refractivity contribution in [2.75, 3.05) is 18.4 Å². The van der Waals surface area contributed by atoms with Crippen molar-refractivity contribution in [3.8, 4) is 11.5 Å². The molecule has 0 spiro atoms. The molecule has 2 N–H and O–H groups in total. The van der Waals surface area contributed by atoms with Crippen LogP contribution in [0.2, 0.25) is 0 Å². The van der Waals surface area contributed by atoms with Crippen molar-refractivity contribution >= 4 is 11.6 Å². The number of carbonyl (C=O) groups is 1. The Morgan fingerprint density at radius 2 is 1.96 bits per heavy atom. The molecule has 0 aliphatic carbocycles. The molecule has 1 amide bonds. The van der Waals surface area contributed by atoms with E-state index in [0.717, 1.165) is 25.1 Å². The number of carbonyl (C=O) groups excluding carboxylic acids is 1. The van der Waals surface area contributed by atoms with Gasteiger partial charge in [0.05, 0.1) is 11.6 Å². The SMILES string of the molecule is O=C(Nc1ccc(OC(F)F)cc1OC(F)F)[C@H]1CCCNC1. The van der Waals surface area contributed by atoms with Crippen LogP contribution in [0.1, 0.15) is 12.8 Å². The number of hydrogen-bond donors (Lipinski definition) is 2. The number of rotatable bonds is 6. The summed E-state index contributed by atoms with van der Waals surface area (Å²) in [6, 6.07) is 3.20. The number of nitrogens with one attached hydrogen (secondary N) is 2. The lowest BCUT2D eigenvalue weighted by atomic mass is 9.99. The molecule has 1 atom stereocenters. The maximum Gasteiger partial charge on any atom is 0.387 e. The van der Waals surface area contributed by atoms with Crippen LogP contribution in [0, 0.1) is 5.92 Å². The van der Waals surface area contributed by atoms with E-state index in [4.69, 9.17) is 0 Å². The molecule has 0 radical (unpaired) electrons. The van der Waals surface area contributed by atoms with Crippen LogP contribution in [0.25, 0.3) is 0 Å². The van der Waals surface area contributed by atoms with Crippen molar-refractivity contribution in [3.63, 3.8) is 0 Å². The molecule has 0 unspecified atom stereocenters. The van der Waals surface area contributed by atoms with E-state index in [1.54, 1.807) is 0 Å². The van der Waals surface area contributed by atoms with E-state index in [2.05, 4.69) is 20.1 Å². The van der Waals surface area contributed by atoms with Crippen LogP contribution in [-0.2, 0) is 4.79 Å². The molecule has 1 fully saturated rings. The van der Waals surface area contributed by atoms with Crippen molar-refractivity contribution in [1.29, 1.82) is 0 Å². The van der Waals surface area contributed by atoms with Gasteiger partial charge in [0.15, 0.2) is 5.75 Å². The maximum atomic E-state index is 12.5. The van der Waals surface area contributed by atoms with E-state index in [1.807, 2.05) is 0 Å². The zero-order valence-corrected chi connectivity index (χ0v) is 12.0. The van der Waals surface area contributed by atoms with Gasteiger partial charge in [0.1, 0.15) is 5.75 Å². The van der Waals surface area contributed by atoms with Crippen molar-refractivity contribution in [3.05, 3.63) is 18.2 Å². The van der Waals surface area contributed by atoms with Crippen LogP contribution in [-0.4, -0.2) is 32.2 Å². The van der Waals surface area contributed by atoms with E-state index in [1.165, 1.54) is 6.07 Å². The molecule has 0 bridgehead atoms. The van der Waals surface area contributed by atoms with Gasteiger partial charge in [-0.3, -0.25) is 4.79 Å².